The van der Waals surface area contributed by atoms with Crippen molar-refractivity contribution < 1.29 is 4.42 Å². The molecule has 0 aliphatic rings. The Kier molecular flexibility index (Phi) is 7.18. The standard InChI is InChI=1S/C50H33NO/c1-2-11-34(12-3-1)39-16-10-17-44(32-39)51(42-27-23-36(24-28-42)40-22-21-35-13-4-5-14-38(35)31-40)43-29-25-37(26-30-43)47-33-41-15-6-7-18-45(41)50-49(47)46-19-8-9-20-48(46)52-50/h1-33H. The van der Waals surface area contributed by atoms with E-state index in [1.807, 2.05) is 6.07 Å². The summed E-state index contributed by atoms with van der Waals surface area (Å²) in [6.07, 6.45) is 0. The molecule has 0 bridgehead atoms. The third kappa shape index (κ3) is 5.21. The Labute approximate surface area is 302 Å². The third-order valence-corrected chi connectivity index (χ3v) is 10.2. The molecule has 0 aliphatic carbocycles. The van der Waals surface area contributed by atoms with E-state index >= 15 is 0 Å². The number of benzene rings is 9. The molecule has 0 spiro atoms. The second kappa shape index (κ2) is 12.5. The van der Waals surface area contributed by atoms with Crippen molar-refractivity contribution >= 4 is 60.5 Å². The van der Waals surface area contributed by atoms with Gasteiger partial charge in [0.1, 0.15) is 11.2 Å². The van der Waals surface area contributed by atoms with Crippen LogP contribution in [0.15, 0.2) is 205 Å². The van der Waals surface area contributed by atoms with E-state index in [4.69, 9.17) is 4.42 Å². The minimum atomic E-state index is 0.906. The van der Waals surface area contributed by atoms with Crippen molar-refractivity contribution in [2.75, 3.05) is 4.90 Å². The number of para-hydroxylation sites is 1. The highest BCUT2D eigenvalue weighted by Gasteiger charge is 2.18. The molecule has 0 saturated heterocycles. The van der Waals surface area contributed by atoms with Gasteiger partial charge in [0.05, 0.1) is 0 Å². The SMILES string of the molecule is c1ccc(-c2cccc(N(c3ccc(-c4ccc5ccccc5c4)cc3)c3ccc(-c4cc5ccccc5c5oc6ccccc6c45)cc3)c2)cc1. The predicted octanol–water partition coefficient (Wildman–Crippen LogP) is 14.4. The van der Waals surface area contributed by atoms with Crippen LogP contribution in [0.3, 0.4) is 0 Å². The average Bonchev–Trinajstić information content (AvgIpc) is 3.62. The Balaban J connectivity index is 1.09. The predicted molar refractivity (Wildman–Crippen MR) is 220 cm³/mol. The van der Waals surface area contributed by atoms with Gasteiger partial charge in [0.15, 0.2) is 0 Å². The molecule has 0 N–H and O–H groups in total. The van der Waals surface area contributed by atoms with Crippen molar-refractivity contribution in [3.05, 3.63) is 200 Å². The van der Waals surface area contributed by atoms with E-state index in [1.165, 1.54) is 44.0 Å². The van der Waals surface area contributed by atoms with Crippen LogP contribution in [0, 0.1) is 0 Å². The maximum Gasteiger partial charge on any atom is 0.143 e. The lowest BCUT2D eigenvalue weighted by molar-refractivity contribution is 0.673. The summed E-state index contributed by atoms with van der Waals surface area (Å²) >= 11 is 0. The van der Waals surface area contributed by atoms with Crippen molar-refractivity contribution in [2.45, 2.75) is 0 Å². The molecule has 244 valence electrons. The lowest BCUT2D eigenvalue weighted by atomic mass is 9.95. The first-order valence-corrected chi connectivity index (χ1v) is 17.8. The van der Waals surface area contributed by atoms with Crippen molar-refractivity contribution in [1.82, 2.24) is 0 Å². The van der Waals surface area contributed by atoms with Crippen LogP contribution >= 0.6 is 0 Å². The summed E-state index contributed by atoms with van der Waals surface area (Å²) in [7, 11) is 0. The second-order valence-corrected chi connectivity index (χ2v) is 13.4. The molecule has 2 heteroatoms. The fraction of sp³-hybridized carbons (Fsp3) is 0. The number of rotatable bonds is 6. The average molecular weight is 664 g/mol. The number of hydrogen-bond donors (Lipinski definition) is 0. The lowest BCUT2D eigenvalue weighted by Crippen LogP contribution is -2.10. The van der Waals surface area contributed by atoms with Crippen LogP contribution in [0.1, 0.15) is 0 Å². The van der Waals surface area contributed by atoms with Crippen LogP contribution < -0.4 is 4.90 Å². The Morgan fingerprint density at radius 1 is 0.327 bits per heavy atom. The van der Waals surface area contributed by atoms with Crippen molar-refractivity contribution in [1.29, 1.82) is 0 Å². The molecule has 1 heterocycles. The van der Waals surface area contributed by atoms with E-state index in [0.717, 1.165) is 50.0 Å². The Morgan fingerprint density at radius 2 is 0.904 bits per heavy atom. The summed E-state index contributed by atoms with van der Waals surface area (Å²) in [5, 5.41) is 7.08. The molecule has 0 amide bonds. The summed E-state index contributed by atoms with van der Waals surface area (Å²) in [5.41, 5.74) is 12.2. The zero-order chi connectivity index (χ0) is 34.4. The molecule has 0 saturated carbocycles. The Bertz CT molecular complexity index is 2890. The lowest BCUT2D eigenvalue weighted by Gasteiger charge is -2.26. The highest BCUT2D eigenvalue weighted by atomic mass is 16.3. The van der Waals surface area contributed by atoms with E-state index in [2.05, 4.69) is 199 Å². The highest BCUT2D eigenvalue weighted by Crippen LogP contribution is 2.43. The highest BCUT2D eigenvalue weighted by molar-refractivity contribution is 6.21. The van der Waals surface area contributed by atoms with Crippen molar-refractivity contribution in [3.8, 4) is 33.4 Å². The Hall–Kier alpha value is -6.90. The summed E-state index contributed by atoms with van der Waals surface area (Å²) < 4.78 is 6.51. The molecule has 2 nitrogen and oxygen atoms in total. The Morgan fingerprint density at radius 3 is 1.69 bits per heavy atom. The number of nitrogens with zero attached hydrogens (tertiary/aromatic N) is 1. The third-order valence-electron chi connectivity index (χ3n) is 10.2. The van der Waals surface area contributed by atoms with Crippen molar-refractivity contribution in [3.63, 3.8) is 0 Å². The van der Waals surface area contributed by atoms with Gasteiger partial charge < -0.3 is 9.32 Å². The van der Waals surface area contributed by atoms with Gasteiger partial charge in [0.25, 0.3) is 0 Å². The molecule has 9 aromatic carbocycles. The van der Waals surface area contributed by atoms with Crippen LogP contribution in [0.2, 0.25) is 0 Å². The van der Waals surface area contributed by atoms with E-state index < -0.39 is 0 Å². The molecule has 0 radical (unpaired) electrons. The molecule has 0 atom stereocenters. The van der Waals surface area contributed by atoms with Crippen molar-refractivity contribution in [2.24, 2.45) is 0 Å². The maximum atomic E-state index is 6.51. The van der Waals surface area contributed by atoms with Gasteiger partial charge in [-0.1, -0.05) is 146 Å². The summed E-state index contributed by atoms with van der Waals surface area (Å²) in [5.74, 6) is 0. The smallest absolute Gasteiger partial charge is 0.143 e. The maximum absolute atomic E-state index is 6.51. The van der Waals surface area contributed by atoms with Gasteiger partial charge in [-0.15, -0.1) is 0 Å². The largest absolute Gasteiger partial charge is 0.455 e. The number of fused-ring (bicyclic) bond motifs is 6. The van der Waals surface area contributed by atoms with Gasteiger partial charge in [0.2, 0.25) is 0 Å². The number of hydrogen-bond acceptors (Lipinski definition) is 2. The van der Waals surface area contributed by atoms with E-state index in [0.29, 0.717) is 0 Å². The molecular formula is C50H33NO. The quantitative estimate of drug-likeness (QED) is 0.176. The van der Waals surface area contributed by atoms with E-state index in [-0.39, 0.29) is 0 Å². The zero-order valence-electron chi connectivity index (χ0n) is 28.4. The van der Waals surface area contributed by atoms with Gasteiger partial charge in [0, 0.05) is 33.2 Å². The molecule has 0 aliphatic heterocycles. The molecular weight excluding hydrogens is 631 g/mol. The van der Waals surface area contributed by atoms with Gasteiger partial charge in [-0.2, -0.15) is 0 Å². The zero-order valence-corrected chi connectivity index (χ0v) is 28.4. The molecule has 10 aromatic rings. The van der Waals surface area contributed by atoms with Crippen LogP contribution in [0.25, 0.3) is 76.9 Å². The number of anilines is 3. The van der Waals surface area contributed by atoms with Crippen LogP contribution in [-0.4, -0.2) is 0 Å². The summed E-state index contributed by atoms with van der Waals surface area (Å²) in [4.78, 5) is 2.35. The number of furan rings is 1. The first-order chi connectivity index (χ1) is 25.8. The second-order valence-electron chi connectivity index (χ2n) is 13.4. The topological polar surface area (TPSA) is 16.4 Å². The molecule has 1 aromatic heterocycles. The van der Waals surface area contributed by atoms with Gasteiger partial charge >= 0.3 is 0 Å². The first kappa shape index (κ1) is 30.0. The van der Waals surface area contributed by atoms with Gasteiger partial charge in [-0.3, -0.25) is 0 Å². The molecule has 0 unspecified atom stereocenters. The summed E-state index contributed by atoms with van der Waals surface area (Å²) in [6, 6.07) is 71.7. The molecule has 0 fully saturated rings. The van der Waals surface area contributed by atoms with E-state index in [1.54, 1.807) is 0 Å². The normalized spacial score (nSPS) is 11.5. The minimum absolute atomic E-state index is 0.906. The van der Waals surface area contributed by atoms with Crippen LogP contribution in [0.5, 0.6) is 0 Å². The summed E-state index contributed by atoms with van der Waals surface area (Å²) in [6.45, 7) is 0. The fourth-order valence-corrected chi connectivity index (χ4v) is 7.65. The fourth-order valence-electron chi connectivity index (χ4n) is 7.65. The molecule has 10 rings (SSSR count). The minimum Gasteiger partial charge on any atom is -0.455 e. The van der Waals surface area contributed by atoms with Crippen LogP contribution in [-0.2, 0) is 0 Å². The first-order valence-electron chi connectivity index (χ1n) is 17.8. The van der Waals surface area contributed by atoms with E-state index in [9.17, 15) is 0 Å². The van der Waals surface area contributed by atoms with Crippen LogP contribution in [0.4, 0.5) is 17.1 Å². The molecule has 52 heavy (non-hydrogen) atoms. The van der Waals surface area contributed by atoms with Gasteiger partial charge in [-0.25, -0.2) is 0 Å². The van der Waals surface area contributed by atoms with Gasteiger partial charge in [-0.05, 0) is 104 Å². The monoisotopic (exact) mass is 663 g/mol.